The number of rotatable bonds is 10. The number of nitrogens with one attached hydrogen (secondary N) is 3. The Hall–Kier alpha value is -4.16. The zero-order valence-corrected chi connectivity index (χ0v) is 24.5. The highest BCUT2D eigenvalue weighted by atomic mass is 35.5. The molecule has 0 aromatic heterocycles. The van der Waals surface area contributed by atoms with Gasteiger partial charge in [-0.25, -0.2) is 5.43 Å². The predicted molar refractivity (Wildman–Crippen MR) is 163 cm³/mol. The van der Waals surface area contributed by atoms with Crippen LogP contribution < -0.4 is 21.0 Å². The summed E-state index contributed by atoms with van der Waals surface area (Å²) in [5, 5.41) is 17.9. The number of nitrogens with zero attached hydrogens (tertiary/aromatic N) is 2. The lowest BCUT2D eigenvalue weighted by atomic mass is 9.97. The third-order valence-corrected chi connectivity index (χ3v) is 7.57. The lowest BCUT2D eigenvalue weighted by Gasteiger charge is -2.29. The van der Waals surface area contributed by atoms with Crippen LogP contribution in [0, 0.1) is 5.92 Å². The number of allylic oxidation sites excluding steroid dienone is 4. The second-order valence-electron chi connectivity index (χ2n) is 10.4. The molecule has 0 spiro atoms. The number of alkyl halides is 3. The van der Waals surface area contributed by atoms with E-state index in [9.17, 15) is 27.6 Å². The number of amides is 3. The molecule has 1 saturated heterocycles. The Bertz CT molecular complexity index is 1470. The number of halogens is 4. The number of hydrogen-bond acceptors (Lipinski definition) is 6. The summed E-state index contributed by atoms with van der Waals surface area (Å²) in [5.74, 6) is -3.58. The molecule has 2 aromatic rings. The van der Waals surface area contributed by atoms with Crippen molar-refractivity contribution in [2.75, 3.05) is 36.5 Å². The molecule has 3 amide bonds. The number of aliphatic hydroxyl groups excluding tert-OH is 1. The number of anilines is 2. The molecule has 1 heterocycles. The fourth-order valence-corrected chi connectivity index (χ4v) is 5.11. The minimum absolute atomic E-state index is 0.0664. The molecule has 234 valence electrons. The molecule has 44 heavy (non-hydrogen) atoms. The average molecular weight is 632 g/mol. The van der Waals surface area contributed by atoms with E-state index in [1.807, 2.05) is 0 Å². The Morgan fingerprint density at radius 3 is 2.45 bits per heavy atom. The van der Waals surface area contributed by atoms with Crippen molar-refractivity contribution in [1.82, 2.24) is 10.7 Å². The van der Waals surface area contributed by atoms with Crippen LogP contribution in [0.2, 0.25) is 0 Å². The first-order valence-electron chi connectivity index (χ1n) is 14.2. The Balaban J connectivity index is 1.54. The van der Waals surface area contributed by atoms with Gasteiger partial charge in [0.15, 0.2) is 0 Å². The van der Waals surface area contributed by atoms with Crippen LogP contribution in [-0.4, -0.2) is 61.5 Å². The largest absolute Gasteiger partial charge is 0.399 e. The topological polar surface area (TPSA) is 123 Å². The number of hydrogen-bond donors (Lipinski definition) is 4. The van der Waals surface area contributed by atoms with E-state index >= 15 is 0 Å². The molecule has 4 rings (SSSR count). The summed E-state index contributed by atoms with van der Waals surface area (Å²) in [5.41, 5.74) is 4.09. The molecule has 0 bridgehead atoms. The first kappa shape index (κ1) is 32.7. The van der Waals surface area contributed by atoms with Crippen molar-refractivity contribution in [2.24, 2.45) is 11.0 Å². The average Bonchev–Trinajstić information content (AvgIpc) is 3.02. The summed E-state index contributed by atoms with van der Waals surface area (Å²) >= 11 is 5.74. The molecular formula is C31H33ClF3N5O4. The molecule has 1 atom stereocenters. The summed E-state index contributed by atoms with van der Waals surface area (Å²) in [6.45, 7) is 1.83. The van der Waals surface area contributed by atoms with E-state index in [2.05, 4.69) is 26.1 Å². The van der Waals surface area contributed by atoms with Gasteiger partial charge >= 0.3 is 6.18 Å². The van der Waals surface area contributed by atoms with Gasteiger partial charge in [0, 0.05) is 48.1 Å². The maximum Gasteiger partial charge on any atom is 0.399 e. The van der Waals surface area contributed by atoms with Gasteiger partial charge in [0.25, 0.3) is 17.7 Å². The van der Waals surface area contributed by atoms with E-state index < -0.39 is 29.8 Å². The highest BCUT2D eigenvalue weighted by Crippen LogP contribution is 2.38. The van der Waals surface area contributed by atoms with E-state index in [4.69, 9.17) is 16.7 Å². The number of piperidine rings is 1. The maximum absolute atomic E-state index is 13.3. The minimum Gasteiger partial charge on any atom is -0.396 e. The summed E-state index contributed by atoms with van der Waals surface area (Å²) < 4.78 is 39.8. The molecule has 2 aliphatic rings. The summed E-state index contributed by atoms with van der Waals surface area (Å²) in [4.78, 5) is 41.1. The molecule has 4 N–H and O–H groups in total. The maximum atomic E-state index is 13.3. The summed E-state index contributed by atoms with van der Waals surface area (Å²) in [6, 6.07) is 11.1. The van der Waals surface area contributed by atoms with Crippen LogP contribution >= 0.6 is 11.6 Å². The Labute approximate surface area is 257 Å². The van der Waals surface area contributed by atoms with Crippen LogP contribution in [0.25, 0.3) is 0 Å². The smallest absolute Gasteiger partial charge is 0.396 e. The van der Waals surface area contributed by atoms with Gasteiger partial charge in [-0.3, -0.25) is 14.4 Å². The van der Waals surface area contributed by atoms with Crippen molar-refractivity contribution in [1.29, 1.82) is 0 Å². The molecule has 0 saturated carbocycles. The Morgan fingerprint density at radius 1 is 1.02 bits per heavy atom. The first-order chi connectivity index (χ1) is 21.1. The second-order valence-corrected chi connectivity index (χ2v) is 10.8. The Morgan fingerprint density at radius 2 is 1.75 bits per heavy atom. The van der Waals surface area contributed by atoms with Crippen molar-refractivity contribution in [3.8, 4) is 0 Å². The summed E-state index contributed by atoms with van der Waals surface area (Å²) in [7, 11) is 0. The van der Waals surface area contributed by atoms with Crippen molar-refractivity contribution in [2.45, 2.75) is 38.3 Å². The fraction of sp³-hybridized carbons (Fsp3) is 0.355. The van der Waals surface area contributed by atoms with E-state index in [1.54, 1.807) is 30.3 Å². The molecular weight excluding hydrogens is 599 g/mol. The molecule has 9 nitrogen and oxygen atoms in total. The van der Waals surface area contributed by atoms with Gasteiger partial charge in [-0.2, -0.15) is 18.3 Å². The van der Waals surface area contributed by atoms with Gasteiger partial charge in [-0.05, 0) is 74.1 Å². The minimum atomic E-state index is -4.55. The first-order valence-corrected chi connectivity index (χ1v) is 14.6. The highest BCUT2D eigenvalue weighted by molar-refractivity contribution is 6.30. The van der Waals surface area contributed by atoms with E-state index in [-0.39, 0.29) is 52.6 Å². The van der Waals surface area contributed by atoms with Crippen molar-refractivity contribution in [3.05, 3.63) is 81.9 Å². The van der Waals surface area contributed by atoms with Crippen molar-refractivity contribution in [3.63, 3.8) is 0 Å². The number of hydrazone groups is 1. The lowest BCUT2D eigenvalue weighted by molar-refractivity contribution is -0.150. The van der Waals surface area contributed by atoms with E-state index in [0.717, 1.165) is 50.3 Å². The summed E-state index contributed by atoms with van der Waals surface area (Å²) in [6.07, 6.45) is 2.42. The predicted octanol–water partition coefficient (Wildman–Crippen LogP) is 5.39. The van der Waals surface area contributed by atoms with E-state index in [0.29, 0.717) is 6.42 Å². The lowest BCUT2D eigenvalue weighted by Crippen LogP contribution is -2.30. The van der Waals surface area contributed by atoms with Crippen LogP contribution in [0.3, 0.4) is 0 Å². The number of carbonyl (C=O) groups is 3. The monoisotopic (exact) mass is 631 g/mol. The second kappa shape index (κ2) is 15.0. The van der Waals surface area contributed by atoms with Gasteiger partial charge in [0.1, 0.15) is 5.92 Å². The van der Waals surface area contributed by atoms with Crippen LogP contribution in [-0.2, 0) is 0 Å². The Kier molecular flexibility index (Phi) is 11.2. The van der Waals surface area contributed by atoms with Gasteiger partial charge in [-0.1, -0.05) is 29.8 Å². The third-order valence-electron chi connectivity index (χ3n) is 7.18. The standard InChI is InChI=1S/C31H33ClF3N5O4/c32-26-10-8-20(16-25(26)31(33,34)35)19-37-39-30(44)24-18-23(40-13-2-1-3-14-40)9-11-27(24)38-29(43)22-7-4-6-21(17-22)28(42)36-12-5-15-41/h4,6-7,9-11,16-19,25,41H,1-3,5,8,12-15H2,(H,36,42)(H,38,43)(H,39,44)/b37-19-. The highest BCUT2D eigenvalue weighted by Gasteiger charge is 2.41. The zero-order valence-electron chi connectivity index (χ0n) is 23.8. The van der Waals surface area contributed by atoms with Crippen LogP contribution in [0.1, 0.15) is 63.2 Å². The molecule has 0 radical (unpaired) electrons. The van der Waals surface area contributed by atoms with Gasteiger partial charge in [0.2, 0.25) is 0 Å². The van der Waals surface area contributed by atoms with Gasteiger partial charge < -0.3 is 20.6 Å². The molecule has 1 unspecified atom stereocenters. The van der Waals surface area contributed by atoms with Crippen LogP contribution in [0.5, 0.6) is 0 Å². The van der Waals surface area contributed by atoms with Crippen molar-refractivity contribution < 1.29 is 32.7 Å². The normalized spacial score (nSPS) is 17.1. The number of aliphatic hydroxyl groups is 1. The van der Waals surface area contributed by atoms with Crippen molar-refractivity contribution >= 4 is 46.9 Å². The molecule has 13 heteroatoms. The molecule has 1 fully saturated rings. The van der Waals surface area contributed by atoms with Gasteiger partial charge in [0.05, 0.1) is 17.5 Å². The van der Waals surface area contributed by atoms with Gasteiger partial charge in [-0.15, -0.1) is 0 Å². The fourth-order valence-electron chi connectivity index (χ4n) is 4.84. The molecule has 1 aliphatic carbocycles. The molecule has 2 aromatic carbocycles. The quantitative estimate of drug-likeness (QED) is 0.159. The number of benzene rings is 2. The van der Waals surface area contributed by atoms with Crippen LogP contribution in [0.4, 0.5) is 24.5 Å². The molecule has 1 aliphatic heterocycles. The number of carbonyl (C=O) groups excluding carboxylic acids is 3. The van der Waals surface area contributed by atoms with Crippen LogP contribution in [0.15, 0.2) is 70.3 Å². The zero-order chi connectivity index (χ0) is 31.7. The SMILES string of the molecule is O=C(NCCCO)c1cccc(C(=O)Nc2ccc(N3CCCCC3)cc2C(=O)N/N=C\C2=CC(C(F)(F)F)C(Cl)=CC2)c1. The van der Waals surface area contributed by atoms with E-state index in [1.165, 1.54) is 18.2 Å². The third kappa shape index (κ3) is 8.70.